The van der Waals surface area contributed by atoms with Gasteiger partial charge in [0.1, 0.15) is 11.6 Å². The van der Waals surface area contributed by atoms with E-state index in [-0.39, 0.29) is 11.9 Å². The highest BCUT2D eigenvalue weighted by Gasteiger charge is 2.22. The van der Waals surface area contributed by atoms with Crippen LogP contribution in [0.25, 0.3) is 0 Å². The zero-order valence-electron chi connectivity index (χ0n) is 18.5. The summed E-state index contributed by atoms with van der Waals surface area (Å²) in [6, 6.07) is 13.6. The number of thioether (sulfide) groups is 1. The summed E-state index contributed by atoms with van der Waals surface area (Å²) in [7, 11) is 2.01. The van der Waals surface area contributed by atoms with Gasteiger partial charge >= 0.3 is 0 Å². The number of phenolic OH excluding ortho intramolecular Hbond substituents is 1. The van der Waals surface area contributed by atoms with Crippen molar-refractivity contribution >= 4 is 23.4 Å². The van der Waals surface area contributed by atoms with Gasteiger partial charge in [-0.15, -0.1) is 10.2 Å². The van der Waals surface area contributed by atoms with Crippen molar-refractivity contribution in [1.29, 1.82) is 0 Å². The molecule has 0 aliphatic carbocycles. The van der Waals surface area contributed by atoms with Crippen molar-refractivity contribution in [3.8, 4) is 5.75 Å². The van der Waals surface area contributed by atoms with Gasteiger partial charge in [0.15, 0.2) is 5.16 Å². The Morgan fingerprint density at radius 3 is 2.81 bits per heavy atom. The molecular weight excluding hydrogens is 444 g/mol. The largest absolute Gasteiger partial charge is 0.508 e. The number of phenols is 1. The van der Waals surface area contributed by atoms with Crippen LogP contribution in [0.3, 0.4) is 0 Å². The molecule has 0 unspecified atom stereocenters. The van der Waals surface area contributed by atoms with E-state index >= 15 is 0 Å². The van der Waals surface area contributed by atoms with Crippen LogP contribution in [0, 0.1) is 6.92 Å². The first kappa shape index (κ1) is 23.1. The van der Waals surface area contributed by atoms with Gasteiger partial charge < -0.3 is 14.4 Å². The normalized spacial score (nSPS) is 16.2. The lowest BCUT2D eigenvalue weighted by Gasteiger charge is -2.19. The monoisotopic (exact) mass is 472 g/mol. The highest BCUT2D eigenvalue weighted by molar-refractivity contribution is 7.98. The molecule has 1 N–H and O–H groups in total. The van der Waals surface area contributed by atoms with Crippen LogP contribution in [0.1, 0.15) is 35.4 Å². The minimum absolute atomic E-state index is 0.199. The van der Waals surface area contributed by atoms with Gasteiger partial charge in [0.25, 0.3) is 0 Å². The number of hydrogen-bond acceptors (Lipinski definition) is 6. The van der Waals surface area contributed by atoms with Gasteiger partial charge in [0.05, 0.1) is 19.2 Å². The third-order valence-corrected chi connectivity index (χ3v) is 6.97. The summed E-state index contributed by atoms with van der Waals surface area (Å²) in [5.74, 6) is 2.00. The van der Waals surface area contributed by atoms with Gasteiger partial charge in [-0.05, 0) is 56.1 Å². The quantitative estimate of drug-likeness (QED) is 0.440. The van der Waals surface area contributed by atoms with Crippen LogP contribution in [-0.4, -0.2) is 44.5 Å². The molecule has 4 rings (SSSR count). The van der Waals surface area contributed by atoms with Crippen molar-refractivity contribution in [2.24, 2.45) is 0 Å². The summed E-state index contributed by atoms with van der Waals surface area (Å²) in [6.07, 6.45) is 2.36. The predicted octanol–water partition coefficient (Wildman–Crippen LogP) is 5.05. The lowest BCUT2D eigenvalue weighted by atomic mass is 10.1. The summed E-state index contributed by atoms with van der Waals surface area (Å²) in [6.45, 7) is 4.89. The summed E-state index contributed by atoms with van der Waals surface area (Å²) < 4.78 is 8.10. The van der Waals surface area contributed by atoms with Gasteiger partial charge in [-0.25, -0.2) is 0 Å². The Hall–Kier alpha value is -2.06. The third kappa shape index (κ3) is 5.84. The topological polar surface area (TPSA) is 63.4 Å². The van der Waals surface area contributed by atoms with Crippen LogP contribution in [0.5, 0.6) is 5.75 Å². The first-order valence-corrected chi connectivity index (χ1v) is 12.2. The fraction of sp³-hybridized carbons (Fsp3) is 0.417. The van der Waals surface area contributed by atoms with Gasteiger partial charge in [-0.3, -0.25) is 4.90 Å². The Kier molecular flexibility index (Phi) is 7.73. The summed E-state index contributed by atoms with van der Waals surface area (Å²) >= 11 is 7.82. The molecule has 1 fully saturated rings. The smallest absolute Gasteiger partial charge is 0.191 e. The number of nitrogens with zero attached hydrogens (tertiary/aromatic N) is 4. The first-order chi connectivity index (χ1) is 15.5. The summed E-state index contributed by atoms with van der Waals surface area (Å²) in [5, 5.41) is 20.7. The molecule has 0 amide bonds. The van der Waals surface area contributed by atoms with Crippen molar-refractivity contribution in [1.82, 2.24) is 19.7 Å². The average Bonchev–Trinajstić information content (AvgIpc) is 3.41. The van der Waals surface area contributed by atoms with Crippen LogP contribution in [0.15, 0.2) is 47.6 Å². The summed E-state index contributed by atoms with van der Waals surface area (Å²) in [4.78, 5) is 2.11. The van der Waals surface area contributed by atoms with E-state index in [0.717, 1.165) is 48.3 Å². The van der Waals surface area contributed by atoms with Gasteiger partial charge in [0, 0.05) is 29.5 Å². The molecular formula is C24H29ClN4O2S. The Morgan fingerprint density at radius 1 is 1.19 bits per heavy atom. The predicted molar refractivity (Wildman–Crippen MR) is 128 cm³/mol. The highest BCUT2D eigenvalue weighted by Crippen LogP contribution is 2.27. The van der Waals surface area contributed by atoms with Crippen molar-refractivity contribution in [3.05, 3.63) is 70.0 Å². The number of aromatic hydroxyl groups is 1. The van der Waals surface area contributed by atoms with E-state index in [1.54, 1.807) is 30.0 Å². The van der Waals surface area contributed by atoms with Crippen molar-refractivity contribution in [3.63, 3.8) is 0 Å². The summed E-state index contributed by atoms with van der Waals surface area (Å²) in [5.41, 5.74) is 3.38. The molecule has 2 heterocycles. The number of rotatable bonds is 9. The SMILES string of the molecule is Cc1ccccc1CSc1nnc(CN(C)Cc2cc(Cl)ccc2O)n1C[C@H]1CCCO1. The van der Waals surface area contributed by atoms with E-state index in [1.165, 1.54) is 11.1 Å². The Balaban J connectivity index is 1.50. The first-order valence-electron chi connectivity index (χ1n) is 10.9. The Bertz CT molecular complexity index is 1050. The van der Waals surface area contributed by atoms with E-state index in [0.29, 0.717) is 18.1 Å². The second kappa shape index (κ2) is 10.7. The van der Waals surface area contributed by atoms with E-state index in [2.05, 4.69) is 50.9 Å². The number of halogens is 1. The number of ether oxygens (including phenoxy) is 1. The fourth-order valence-corrected chi connectivity index (χ4v) is 5.14. The molecule has 32 heavy (non-hydrogen) atoms. The Labute approximate surface area is 198 Å². The molecule has 1 atom stereocenters. The average molecular weight is 473 g/mol. The molecule has 1 aromatic heterocycles. The third-order valence-electron chi connectivity index (χ3n) is 5.71. The van der Waals surface area contributed by atoms with Crippen LogP contribution < -0.4 is 0 Å². The molecule has 1 aliphatic heterocycles. The molecule has 0 spiro atoms. The molecule has 3 aromatic rings. The number of benzene rings is 2. The highest BCUT2D eigenvalue weighted by atomic mass is 35.5. The van der Waals surface area contributed by atoms with E-state index < -0.39 is 0 Å². The minimum atomic E-state index is 0.199. The van der Waals surface area contributed by atoms with Crippen LogP contribution in [0.2, 0.25) is 5.02 Å². The van der Waals surface area contributed by atoms with Gasteiger partial charge in [0.2, 0.25) is 0 Å². The fourth-order valence-electron chi connectivity index (χ4n) is 3.90. The van der Waals surface area contributed by atoms with Crippen molar-refractivity contribution in [2.45, 2.75) is 56.4 Å². The van der Waals surface area contributed by atoms with Crippen LogP contribution >= 0.6 is 23.4 Å². The van der Waals surface area contributed by atoms with Crippen LogP contribution in [0.4, 0.5) is 0 Å². The maximum Gasteiger partial charge on any atom is 0.191 e. The molecule has 8 heteroatoms. The molecule has 170 valence electrons. The maximum absolute atomic E-state index is 10.2. The maximum atomic E-state index is 10.2. The van der Waals surface area contributed by atoms with Gasteiger partial charge in [-0.1, -0.05) is 47.6 Å². The molecule has 0 radical (unpaired) electrons. The zero-order valence-corrected chi connectivity index (χ0v) is 20.1. The molecule has 1 aliphatic rings. The van der Waals surface area contributed by atoms with Crippen molar-refractivity contribution < 1.29 is 9.84 Å². The number of hydrogen-bond donors (Lipinski definition) is 1. The molecule has 6 nitrogen and oxygen atoms in total. The van der Waals surface area contributed by atoms with E-state index in [9.17, 15) is 5.11 Å². The second-order valence-electron chi connectivity index (χ2n) is 8.30. The number of aromatic nitrogens is 3. The number of aryl methyl sites for hydroxylation is 1. The lowest BCUT2D eigenvalue weighted by Crippen LogP contribution is -2.23. The molecule has 0 saturated carbocycles. The lowest BCUT2D eigenvalue weighted by molar-refractivity contribution is 0.0934. The minimum Gasteiger partial charge on any atom is -0.508 e. The standard InChI is InChI=1S/C24H29ClN4O2S/c1-17-6-3-4-7-18(17)16-32-24-27-26-23(29(24)14-21-8-5-11-31-21)15-28(2)13-19-12-20(25)9-10-22(19)30/h3-4,6-7,9-10,12,21,30H,5,8,11,13-16H2,1-2H3/t21-/m1/s1. The molecule has 1 saturated heterocycles. The van der Waals surface area contributed by atoms with E-state index in [1.807, 2.05) is 7.05 Å². The second-order valence-corrected chi connectivity index (χ2v) is 9.68. The Morgan fingerprint density at radius 2 is 2.03 bits per heavy atom. The zero-order chi connectivity index (χ0) is 22.5. The van der Waals surface area contributed by atoms with Crippen LogP contribution in [-0.2, 0) is 30.1 Å². The van der Waals surface area contributed by atoms with Crippen molar-refractivity contribution in [2.75, 3.05) is 13.7 Å². The molecule has 2 aromatic carbocycles. The van der Waals surface area contributed by atoms with E-state index in [4.69, 9.17) is 16.3 Å². The molecule has 0 bridgehead atoms. The van der Waals surface area contributed by atoms with Gasteiger partial charge in [-0.2, -0.15) is 0 Å².